The smallest absolute Gasteiger partial charge is 0.280 e. The zero-order valence-electron chi connectivity index (χ0n) is 6.97. The lowest BCUT2D eigenvalue weighted by Crippen LogP contribution is -2.09. The minimum Gasteiger partial charge on any atom is -0.326 e. The molecule has 1 aromatic rings. The second-order valence-corrected chi connectivity index (χ2v) is 2.46. The van der Waals surface area contributed by atoms with Gasteiger partial charge in [-0.3, -0.25) is 4.98 Å². The van der Waals surface area contributed by atoms with E-state index in [9.17, 15) is 13.2 Å². The predicted octanol–water partition coefficient (Wildman–Crippen LogP) is 1.49. The fourth-order valence-corrected chi connectivity index (χ4v) is 1.06. The monoisotopic (exact) mass is 201 g/mol. The van der Waals surface area contributed by atoms with Crippen LogP contribution in [0.3, 0.4) is 0 Å². The van der Waals surface area contributed by atoms with Gasteiger partial charge in [-0.2, -0.15) is 5.26 Å². The zero-order chi connectivity index (χ0) is 10.7. The van der Waals surface area contributed by atoms with Crippen molar-refractivity contribution in [2.75, 3.05) is 0 Å². The zero-order valence-corrected chi connectivity index (χ0v) is 6.97. The average Bonchev–Trinajstić information content (AvgIpc) is 2.16. The third kappa shape index (κ3) is 1.67. The second kappa shape index (κ2) is 4.07. The van der Waals surface area contributed by atoms with Crippen LogP contribution >= 0.6 is 0 Å². The van der Waals surface area contributed by atoms with Gasteiger partial charge < -0.3 is 5.73 Å². The lowest BCUT2D eigenvalue weighted by molar-refractivity contribution is 0.144. The van der Waals surface area contributed by atoms with Crippen molar-refractivity contribution in [3.63, 3.8) is 0 Å². The summed E-state index contributed by atoms with van der Waals surface area (Å²) in [6.07, 6.45) is -2.26. The maximum Gasteiger partial charge on any atom is 0.280 e. The van der Waals surface area contributed by atoms with E-state index in [0.29, 0.717) is 6.20 Å². The number of hydrogen-bond donors (Lipinski definition) is 1. The summed E-state index contributed by atoms with van der Waals surface area (Å²) in [5, 5.41) is 8.52. The molecule has 0 bridgehead atoms. The first-order valence-corrected chi connectivity index (χ1v) is 3.67. The number of alkyl halides is 2. The number of aromatic nitrogens is 1. The number of rotatable bonds is 2. The van der Waals surface area contributed by atoms with Crippen molar-refractivity contribution < 1.29 is 13.2 Å². The average molecular weight is 201 g/mol. The molecule has 0 saturated carbocycles. The molecule has 2 N–H and O–H groups in total. The maximum absolute atomic E-state index is 12.9. The highest BCUT2D eigenvalue weighted by Gasteiger charge is 2.19. The number of nitrogens with zero attached hydrogens (tertiary/aromatic N) is 2. The lowest BCUT2D eigenvalue weighted by Gasteiger charge is -2.07. The topological polar surface area (TPSA) is 62.7 Å². The Hall–Kier alpha value is -1.61. The molecular weight excluding hydrogens is 195 g/mol. The Kier molecular flexibility index (Phi) is 3.04. The molecule has 0 radical (unpaired) electrons. The van der Waals surface area contributed by atoms with Crippen LogP contribution in [0.4, 0.5) is 13.2 Å². The highest BCUT2D eigenvalue weighted by molar-refractivity contribution is 5.40. The Bertz CT molecular complexity index is 384. The van der Waals surface area contributed by atoms with Gasteiger partial charge in [0.2, 0.25) is 0 Å². The Morgan fingerprint density at radius 1 is 1.57 bits per heavy atom. The normalized spacial score (nSPS) is 10.3. The van der Waals surface area contributed by atoms with Crippen molar-refractivity contribution in [1.82, 2.24) is 4.98 Å². The quantitative estimate of drug-likeness (QED) is 0.788. The summed E-state index contributed by atoms with van der Waals surface area (Å²) in [6, 6.07) is 1.48. The van der Waals surface area contributed by atoms with Crippen LogP contribution in [0.1, 0.15) is 23.2 Å². The van der Waals surface area contributed by atoms with Crippen molar-refractivity contribution in [3.8, 4) is 6.07 Å². The summed E-state index contributed by atoms with van der Waals surface area (Å²) in [6.45, 7) is -0.340. The molecule has 1 heterocycles. The SMILES string of the molecule is N#Cc1c(F)cnc(C(F)F)c1CN. The molecule has 6 heteroatoms. The highest BCUT2D eigenvalue weighted by Crippen LogP contribution is 2.23. The molecule has 0 unspecified atom stereocenters. The molecular formula is C8H6F3N3. The molecule has 0 atom stereocenters. The summed E-state index contributed by atoms with van der Waals surface area (Å²) in [7, 11) is 0. The van der Waals surface area contributed by atoms with Gasteiger partial charge in [-0.1, -0.05) is 0 Å². The van der Waals surface area contributed by atoms with Gasteiger partial charge in [0.15, 0.2) is 5.82 Å². The molecule has 1 rings (SSSR count). The summed E-state index contributed by atoms with van der Waals surface area (Å²) in [5.41, 5.74) is 3.81. The van der Waals surface area contributed by atoms with Crippen molar-refractivity contribution in [2.24, 2.45) is 5.73 Å². The van der Waals surface area contributed by atoms with Crippen LogP contribution in [0.5, 0.6) is 0 Å². The molecule has 0 spiro atoms. The third-order valence-electron chi connectivity index (χ3n) is 1.69. The standard InChI is InChI=1S/C8H6F3N3/c9-6-3-14-7(8(10)11)5(2-13)4(6)1-12/h3,8H,2,13H2. The molecule has 0 fully saturated rings. The van der Waals surface area contributed by atoms with Crippen molar-refractivity contribution in [3.05, 3.63) is 28.8 Å². The maximum atomic E-state index is 12.9. The van der Waals surface area contributed by atoms with Gasteiger partial charge in [-0.25, -0.2) is 13.2 Å². The third-order valence-corrected chi connectivity index (χ3v) is 1.69. The van der Waals surface area contributed by atoms with Gasteiger partial charge in [-0.15, -0.1) is 0 Å². The van der Waals surface area contributed by atoms with Crippen molar-refractivity contribution in [2.45, 2.75) is 13.0 Å². The minimum absolute atomic E-state index is 0.234. The Labute approximate surface area is 78.0 Å². The van der Waals surface area contributed by atoms with Gasteiger partial charge in [0, 0.05) is 12.1 Å². The van der Waals surface area contributed by atoms with Crippen molar-refractivity contribution in [1.29, 1.82) is 5.26 Å². The largest absolute Gasteiger partial charge is 0.326 e. The van der Waals surface area contributed by atoms with E-state index in [-0.39, 0.29) is 12.1 Å². The molecule has 14 heavy (non-hydrogen) atoms. The fourth-order valence-electron chi connectivity index (χ4n) is 1.06. The van der Waals surface area contributed by atoms with E-state index in [1.165, 1.54) is 6.07 Å². The Balaban J connectivity index is 3.42. The summed E-state index contributed by atoms with van der Waals surface area (Å²) in [5.74, 6) is -0.933. The number of nitrogens with two attached hydrogens (primary N) is 1. The van der Waals surface area contributed by atoms with Crippen LogP contribution in [-0.4, -0.2) is 4.98 Å². The molecule has 0 amide bonds. The van der Waals surface area contributed by atoms with E-state index >= 15 is 0 Å². The first kappa shape index (κ1) is 10.5. The number of pyridine rings is 1. The van der Waals surface area contributed by atoms with Crippen LogP contribution in [0.15, 0.2) is 6.20 Å². The van der Waals surface area contributed by atoms with Crippen LogP contribution < -0.4 is 5.73 Å². The summed E-state index contributed by atoms with van der Waals surface area (Å²) >= 11 is 0. The number of halogens is 3. The molecule has 74 valence electrons. The first-order chi connectivity index (χ1) is 6.61. The number of hydrogen-bond acceptors (Lipinski definition) is 3. The van der Waals surface area contributed by atoms with E-state index in [4.69, 9.17) is 11.0 Å². The Morgan fingerprint density at radius 3 is 2.64 bits per heavy atom. The van der Waals surface area contributed by atoms with Crippen LogP contribution in [0, 0.1) is 17.1 Å². The van der Waals surface area contributed by atoms with E-state index in [0.717, 1.165) is 0 Å². The molecule has 1 aromatic heterocycles. The van der Waals surface area contributed by atoms with Gasteiger partial charge in [0.1, 0.15) is 11.8 Å². The molecule has 0 saturated heterocycles. The Morgan fingerprint density at radius 2 is 2.21 bits per heavy atom. The van der Waals surface area contributed by atoms with E-state index in [2.05, 4.69) is 4.98 Å². The molecule has 0 aliphatic carbocycles. The number of nitriles is 1. The molecule has 0 aliphatic heterocycles. The lowest BCUT2D eigenvalue weighted by atomic mass is 10.1. The van der Waals surface area contributed by atoms with Crippen LogP contribution in [0.25, 0.3) is 0 Å². The van der Waals surface area contributed by atoms with Gasteiger partial charge in [0.05, 0.1) is 11.8 Å². The van der Waals surface area contributed by atoms with Crippen LogP contribution in [0.2, 0.25) is 0 Å². The van der Waals surface area contributed by atoms with Gasteiger partial charge in [-0.05, 0) is 0 Å². The predicted molar refractivity (Wildman–Crippen MR) is 41.8 cm³/mol. The first-order valence-electron chi connectivity index (χ1n) is 3.67. The van der Waals surface area contributed by atoms with Gasteiger partial charge in [0.25, 0.3) is 6.43 Å². The van der Waals surface area contributed by atoms with Crippen molar-refractivity contribution >= 4 is 0 Å². The second-order valence-electron chi connectivity index (χ2n) is 2.46. The van der Waals surface area contributed by atoms with Crippen LogP contribution in [-0.2, 0) is 6.54 Å². The fraction of sp³-hybridized carbons (Fsp3) is 0.250. The molecule has 0 aliphatic rings. The van der Waals surface area contributed by atoms with E-state index in [1.807, 2.05) is 0 Å². The van der Waals surface area contributed by atoms with E-state index in [1.54, 1.807) is 0 Å². The summed E-state index contributed by atoms with van der Waals surface area (Å²) < 4.78 is 37.5. The minimum atomic E-state index is -2.86. The summed E-state index contributed by atoms with van der Waals surface area (Å²) in [4.78, 5) is 3.20. The molecule has 3 nitrogen and oxygen atoms in total. The molecule has 0 aromatic carbocycles. The highest BCUT2D eigenvalue weighted by atomic mass is 19.3. The van der Waals surface area contributed by atoms with Gasteiger partial charge >= 0.3 is 0 Å². The van der Waals surface area contributed by atoms with E-state index < -0.39 is 23.5 Å².